The summed E-state index contributed by atoms with van der Waals surface area (Å²) in [4.78, 5) is 2.56. The van der Waals surface area contributed by atoms with E-state index in [4.69, 9.17) is 4.74 Å². The molecule has 4 rings (SSSR count). The van der Waals surface area contributed by atoms with Gasteiger partial charge in [0.2, 0.25) is 0 Å². The first-order valence-corrected chi connectivity index (χ1v) is 10.9. The molecule has 4 heteroatoms. The summed E-state index contributed by atoms with van der Waals surface area (Å²) in [5.41, 5.74) is 1.29. The fourth-order valence-electron chi connectivity index (χ4n) is 3.57. The number of benzene rings is 1. The maximum Gasteiger partial charge on any atom is 2.00 e. The van der Waals surface area contributed by atoms with Gasteiger partial charge in [-0.25, -0.2) is 0 Å². The van der Waals surface area contributed by atoms with Crippen molar-refractivity contribution in [2.45, 2.75) is 32.2 Å². The number of ether oxygens (including phenoxy) is 1. The molecule has 2 saturated carbocycles. The van der Waals surface area contributed by atoms with E-state index in [0.717, 1.165) is 31.9 Å². The van der Waals surface area contributed by atoms with Gasteiger partial charge in [0.1, 0.15) is 5.75 Å². The van der Waals surface area contributed by atoms with Gasteiger partial charge < -0.3 is 15.0 Å². The number of nitrogens with one attached hydrogen (secondary N) is 1. The van der Waals surface area contributed by atoms with Crippen LogP contribution < -0.4 is 10.1 Å². The Hall–Kier alpha value is -0.541. The quantitative estimate of drug-likeness (QED) is 0.448. The summed E-state index contributed by atoms with van der Waals surface area (Å²) >= 11 is 0. The number of rotatable bonds is 9. The predicted octanol–water partition coefficient (Wildman–Crippen LogP) is 4.46. The van der Waals surface area contributed by atoms with Gasteiger partial charge in [-0.15, -0.1) is 0 Å². The van der Waals surface area contributed by atoms with Crippen LogP contribution in [-0.2, 0) is 23.6 Å². The van der Waals surface area contributed by atoms with Gasteiger partial charge in [-0.3, -0.25) is 0 Å². The molecule has 1 aliphatic heterocycles. The fraction of sp³-hybridized carbons (Fsp3) is 0.385. The van der Waals surface area contributed by atoms with E-state index in [0.29, 0.717) is 0 Å². The summed E-state index contributed by atoms with van der Waals surface area (Å²) in [6, 6.07) is 8.47. The summed E-state index contributed by atoms with van der Waals surface area (Å²) in [6.45, 7) is 6.33. The maximum atomic E-state index is 5.87. The van der Waals surface area contributed by atoms with E-state index in [2.05, 4.69) is 60.2 Å². The first-order valence-electron chi connectivity index (χ1n) is 10.9. The molecule has 0 spiro atoms. The average molecular weight is 446 g/mol. The van der Waals surface area contributed by atoms with E-state index in [9.17, 15) is 0 Å². The van der Waals surface area contributed by atoms with Gasteiger partial charge in [-0.2, -0.15) is 0 Å². The average Bonchev–Trinajstić information content (AvgIpc) is 3.50. The molecule has 1 aromatic carbocycles. The molecule has 0 amide bonds. The van der Waals surface area contributed by atoms with Gasteiger partial charge in [0.05, 0.1) is 6.61 Å². The smallest absolute Gasteiger partial charge is 0.494 e. The number of likely N-dealkylation sites (tertiary alicyclic amines) is 1. The minimum absolute atomic E-state index is 0. The third-order valence-corrected chi connectivity index (χ3v) is 5.20. The van der Waals surface area contributed by atoms with Crippen LogP contribution in [0.3, 0.4) is 0 Å². The molecule has 3 fully saturated rings. The second-order valence-corrected chi connectivity index (χ2v) is 7.61. The van der Waals surface area contributed by atoms with E-state index >= 15 is 0 Å². The van der Waals surface area contributed by atoms with E-state index in [1.165, 1.54) is 50.4 Å². The van der Waals surface area contributed by atoms with Crippen molar-refractivity contribution in [1.29, 1.82) is 0 Å². The third kappa shape index (κ3) is 10.7. The number of piperidine rings is 1. The minimum atomic E-state index is 0. The number of hydrogen-bond acceptors (Lipinski definition) is 3. The molecular weight excluding hydrogens is 412 g/mol. The topological polar surface area (TPSA) is 24.5 Å². The van der Waals surface area contributed by atoms with Gasteiger partial charge in [-0.1, -0.05) is 18.6 Å². The third-order valence-electron chi connectivity index (χ3n) is 5.20. The number of nitrogens with zero attached hydrogens (tertiary/aromatic N) is 1. The summed E-state index contributed by atoms with van der Waals surface area (Å²) in [5, 5.41) is 3.47. The maximum absolute atomic E-state index is 5.87. The van der Waals surface area contributed by atoms with Crippen LogP contribution in [0.4, 0.5) is 0 Å². The summed E-state index contributed by atoms with van der Waals surface area (Å²) in [5.74, 6) is 2.32. The summed E-state index contributed by atoms with van der Waals surface area (Å²) in [7, 11) is 0. The second kappa shape index (κ2) is 16.1. The van der Waals surface area contributed by atoms with E-state index in [1.54, 1.807) is 0 Å². The minimum Gasteiger partial charge on any atom is -0.494 e. The van der Waals surface area contributed by atoms with Crippen molar-refractivity contribution in [2.24, 2.45) is 0 Å². The zero-order chi connectivity index (χ0) is 20.0. The Labute approximate surface area is 196 Å². The fourth-order valence-corrected chi connectivity index (χ4v) is 3.57. The molecular formula is C26H34FeN2O+2. The predicted molar refractivity (Wildman–Crippen MR) is 120 cm³/mol. The molecule has 2 aliphatic carbocycles. The molecule has 0 aromatic heterocycles. The Bertz CT molecular complexity index is 513. The Morgan fingerprint density at radius 1 is 0.767 bits per heavy atom. The van der Waals surface area contributed by atoms with Crippen molar-refractivity contribution in [3.8, 4) is 5.75 Å². The Morgan fingerprint density at radius 2 is 1.40 bits per heavy atom. The molecule has 1 N–H and O–H groups in total. The van der Waals surface area contributed by atoms with Crippen molar-refractivity contribution >= 4 is 0 Å². The molecule has 10 radical (unpaired) electrons. The van der Waals surface area contributed by atoms with E-state index in [1.807, 2.05) is 32.1 Å². The molecule has 160 valence electrons. The van der Waals surface area contributed by atoms with Crippen LogP contribution in [0.15, 0.2) is 24.3 Å². The molecule has 30 heavy (non-hydrogen) atoms. The SMILES string of the molecule is [CH]1[CH][CH][CH][CH]1.[CH]1[CH][CH][C](CNCc2ccc(OCCCN3CCCCC3)cc2)[CH]1.[Fe+2]. The first-order chi connectivity index (χ1) is 14.4. The number of hydrogen-bond donors (Lipinski definition) is 1. The van der Waals surface area contributed by atoms with Crippen molar-refractivity contribution in [3.05, 3.63) is 93.5 Å². The first kappa shape index (κ1) is 25.7. The molecule has 1 aromatic rings. The monoisotopic (exact) mass is 446 g/mol. The van der Waals surface area contributed by atoms with Gasteiger partial charge in [0.15, 0.2) is 0 Å². The van der Waals surface area contributed by atoms with E-state index < -0.39 is 0 Å². The molecule has 3 nitrogen and oxygen atoms in total. The largest absolute Gasteiger partial charge is 2.00 e. The van der Waals surface area contributed by atoms with Crippen LogP contribution in [0.25, 0.3) is 0 Å². The van der Waals surface area contributed by atoms with Gasteiger partial charge in [0, 0.05) is 19.6 Å². The normalized spacial score (nSPS) is 19.7. The summed E-state index contributed by atoms with van der Waals surface area (Å²) in [6.07, 6.45) is 23.7. The van der Waals surface area contributed by atoms with Crippen molar-refractivity contribution in [2.75, 3.05) is 32.8 Å². The van der Waals surface area contributed by atoms with Crippen molar-refractivity contribution < 1.29 is 21.8 Å². The standard InChI is InChI=1S/C21H29N2O.C5H5.Fe/c1-4-13-23(14-5-1)15-6-16-24-21-11-9-20(10-12-21)18-22-17-19-7-2-3-8-19;1-2-4-5-3-1;/h2-3,7-12,22H,1,4-6,13-18H2;1-5H;/q;;+2. The van der Waals surface area contributed by atoms with Crippen LogP contribution >= 0.6 is 0 Å². The Morgan fingerprint density at radius 3 is 2.03 bits per heavy atom. The second-order valence-electron chi connectivity index (χ2n) is 7.61. The van der Waals surface area contributed by atoms with Gasteiger partial charge in [0.25, 0.3) is 0 Å². The molecule has 1 saturated heterocycles. The van der Waals surface area contributed by atoms with Gasteiger partial charge >= 0.3 is 17.1 Å². The Kier molecular flexibility index (Phi) is 13.8. The van der Waals surface area contributed by atoms with Crippen LogP contribution in [0.2, 0.25) is 0 Å². The summed E-state index contributed by atoms with van der Waals surface area (Å²) < 4.78 is 5.87. The molecule has 0 bridgehead atoms. The van der Waals surface area contributed by atoms with Crippen LogP contribution in [0, 0.1) is 63.7 Å². The zero-order valence-corrected chi connectivity index (χ0v) is 18.9. The van der Waals surface area contributed by atoms with E-state index in [-0.39, 0.29) is 17.1 Å². The van der Waals surface area contributed by atoms with Gasteiger partial charge in [-0.05, 0) is 114 Å². The van der Waals surface area contributed by atoms with Crippen LogP contribution in [0.5, 0.6) is 5.75 Å². The molecule has 0 atom stereocenters. The molecule has 3 aliphatic rings. The molecule has 0 unspecified atom stereocenters. The molecule has 1 heterocycles. The van der Waals surface area contributed by atoms with Crippen LogP contribution in [0.1, 0.15) is 31.2 Å². The van der Waals surface area contributed by atoms with Crippen LogP contribution in [-0.4, -0.2) is 37.7 Å². The van der Waals surface area contributed by atoms with Crippen molar-refractivity contribution in [3.63, 3.8) is 0 Å². The zero-order valence-electron chi connectivity index (χ0n) is 17.8. The Balaban J connectivity index is 0.000000468. The van der Waals surface area contributed by atoms with Crippen molar-refractivity contribution in [1.82, 2.24) is 10.2 Å².